The van der Waals surface area contributed by atoms with Gasteiger partial charge in [-0.05, 0) is 44.4 Å². The molecule has 0 aliphatic carbocycles. The van der Waals surface area contributed by atoms with Crippen LogP contribution in [-0.2, 0) is 9.53 Å². The van der Waals surface area contributed by atoms with Gasteiger partial charge in [-0.25, -0.2) is 24.5 Å². The highest BCUT2D eigenvalue weighted by atomic mass is 16.6. The molecule has 2 aliphatic heterocycles. The minimum atomic E-state index is -1.22. The maximum absolute atomic E-state index is 13.1. The Hall–Kier alpha value is -3.82. The summed E-state index contributed by atoms with van der Waals surface area (Å²) in [7, 11) is 0. The summed E-state index contributed by atoms with van der Waals surface area (Å²) >= 11 is 0. The molecule has 160 valence electrons. The molecule has 0 aromatic carbocycles. The Morgan fingerprint density at radius 3 is 2.71 bits per heavy atom. The van der Waals surface area contributed by atoms with Gasteiger partial charge >= 0.3 is 12.0 Å². The second kappa shape index (κ2) is 8.13. The summed E-state index contributed by atoms with van der Waals surface area (Å²) in [5, 5.41) is 0. The molecule has 2 aromatic rings. The first-order valence-corrected chi connectivity index (χ1v) is 9.92. The van der Waals surface area contributed by atoms with Gasteiger partial charge in [0.1, 0.15) is 17.6 Å². The number of nitrogens with two attached hydrogens (primary N) is 1. The van der Waals surface area contributed by atoms with Gasteiger partial charge in [-0.3, -0.25) is 9.69 Å². The van der Waals surface area contributed by atoms with Crippen LogP contribution in [0.2, 0.25) is 0 Å². The van der Waals surface area contributed by atoms with E-state index in [1.807, 2.05) is 0 Å². The van der Waals surface area contributed by atoms with Crippen LogP contribution in [0.3, 0.4) is 0 Å². The van der Waals surface area contributed by atoms with Gasteiger partial charge in [-0.2, -0.15) is 0 Å². The average molecular weight is 422 g/mol. The van der Waals surface area contributed by atoms with Gasteiger partial charge < -0.3 is 15.4 Å². The van der Waals surface area contributed by atoms with Crippen molar-refractivity contribution in [3.8, 4) is 0 Å². The Labute approximate surface area is 178 Å². The van der Waals surface area contributed by atoms with E-state index in [1.54, 1.807) is 31.2 Å². The number of rotatable bonds is 3. The summed E-state index contributed by atoms with van der Waals surface area (Å²) in [6, 6.07) is 5.72. The fourth-order valence-corrected chi connectivity index (χ4v) is 4.11. The molecule has 3 amide bonds. The zero-order chi connectivity index (χ0) is 22.0. The molecule has 2 N–H and O–H groups in total. The molecule has 0 radical (unpaired) electrons. The minimum absolute atomic E-state index is 0.138. The Balaban J connectivity index is 1.78. The van der Waals surface area contributed by atoms with Crippen molar-refractivity contribution in [3.05, 3.63) is 60.5 Å². The predicted octanol–water partition coefficient (Wildman–Crippen LogP) is 1.56. The van der Waals surface area contributed by atoms with Crippen molar-refractivity contribution in [1.82, 2.24) is 24.8 Å². The third-order valence-corrected chi connectivity index (χ3v) is 5.49. The van der Waals surface area contributed by atoms with Gasteiger partial charge in [0, 0.05) is 25.0 Å². The largest absolute Gasteiger partial charge is 0.450 e. The normalized spacial score (nSPS) is 23.5. The van der Waals surface area contributed by atoms with Crippen molar-refractivity contribution in [1.29, 1.82) is 0 Å². The Morgan fingerprint density at radius 1 is 1.19 bits per heavy atom. The van der Waals surface area contributed by atoms with Crippen LogP contribution in [0, 0.1) is 0 Å². The number of amides is 3. The highest BCUT2D eigenvalue weighted by Crippen LogP contribution is 2.39. The number of urea groups is 1. The van der Waals surface area contributed by atoms with Crippen molar-refractivity contribution in [2.75, 3.05) is 6.54 Å². The fourth-order valence-electron chi connectivity index (χ4n) is 4.11. The van der Waals surface area contributed by atoms with Gasteiger partial charge in [0.15, 0.2) is 6.17 Å². The number of aromatic nitrogens is 3. The summed E-state index contributed by atoms with van der Waals surface area (Å²) in [5.74, 6) is -0.946. The van der Waals surface area contributed by atoms with Gasteiger partial charge in [0.05, 0.1) is 11.4 Å². The fraction of sp³-hybridized carbons (Fsp3) is 0.333. The van der Waals surface area contributed by atoms with Crippen LogP contribution in [0.25, 0.3) is 5.70 Å². The number of carbonyl (C=O) groups excluding carboxylic acids is 3. The van der Waals surface area contributed by atoms with E-state index >= 15 is 0 Å². The van der Waals surface area contributed by atoms with Crippen molar-refractivity contribution in [2.24, 2.45) is 5.73 Å². The molecule has 2 atom stereocenters. The smallest absolute Gasteiger partial charge is 0.357 e. The minimum Gasteiger partial charge on any atom is -0.450 e. The first kappa shape index (κ1) is 20.5. The third-order valence-electron chi connectivity index (χ3n) is 5.49. The molecule has 2 aliphatic rings. The summed E-state index contributed by atoms with van der Waals surface area (Å²) in [6.07, 6.45) is 6.55. The van der Waals surface area contributed by atoms with Crippen LogP contribution in [-0.4, -0.2) is 61.0 Å². The summed E-state index contributed by atoms with van der Waals surface area (Å²) < 4.78 is 5.92. The average Bonchev–Trinajstić information content (AvgIpc) is 2.94. The zero-order valence-corrected chi connectivity index (χ0v) is 17.0. The number of hydrogen-bond donors (Lipinski definition) is 1. The molecule has 1 fully saturated rings. The van der Waals surface area contributed by atoms with Crippen LogP contribution in [0.4, 0.5) is 4.79 Å². The van der Waals surface area contributed by atoms with E-state index in [0.29, 0.717) is 31.5 Å². The van der Waals surface area contributed by atoms with Crippen molar-refractivity contribution in [3.63, 3.8) is 0 Å². The highest BCUT2D eigenvalue weighted by molar-refractivity contribution is 6.00. The molecule has 0 bridgehead atoms. The van der Waals surface area contributed by atoms with Crippen molar-refractivity contribution in [2.45, 2.75) is 38.0 Å². The number of carbonyl (C=O) groups is 3. The lowest BCUT2D eigenvalue weighted by molar-refractivity contribution is -0.143. The number of pyridine rings is 1. The topological polar surface area (TPSA) is 132 Å². The van der Waals surface area contributed by atoms with E-state index < -0.39 is 23.8 Å². The quantitative estimate of drug-likeness (QED) is 0.743. The van der Waals surface area contributed by atoms with E-state index in [4.69, 9.17) is 10.5 Å². The van der Waals surface area contributed by atoms with Crippen LogP contribution < -0.4 is 5.73 Å². The number of ether oxygens (including phenoxy) is 1. The van der Waals surface area contributed by atoms with Crippen LogP contribution in [0.5, 0.6) is 0 Å². The van der Waals surface area contributed by atoms with E-state index in [1.165, 1.54) is 34.6 Å². The molecule has 10 heteroatoms. The summed E-state index contributed by atoms with van der Waals surface area (Å²) in [6.45, 7) is 2.11. The molecule has 0 spiro atoms. The van der Waals surface area contributed by atoms with E-state index in [9.17, 15) is 14.4 Å². The molecule has 0 saturated carbocycles. The maximum Gasteiger partial charge on any atom is 0.357 e. The number of primary amides is 1. The lowest BCUT2D eigenvalue weighted by atomic mass is 9.93. The molecular formula is C21H22N6O4. The van der Waals surface area contributed by atoms with Gasteiger partial charge in [0.25, 0.3) is 5.91 Å². The second-order valence-corrected chi connectivity index (χ2v) is 7.61. The Kier molecular flexibility index (Phi) is 5.37. The third kappa shape index (κ3) is 3.83. The van der Waals surface area contributed by atoms with Gasteiger partial charge in [-0.15, -0.1) is 0 Å². The molecule has 2 unspecified atom stereocenters. The summed E-state index contributed by atoms with van der Waals surface area (Å²) in [5.41, 5.74) is 5.30. The van der Waals surface area contributed by atoms with E-state index in [0.717, 1.165) is 0 Å². The van der Waals surface area contributed by atoms with Crippen LogP contribution >= 0.6 is 0 Å². The van der Waals surface area contributed by atoms with E-state index in [2.05, 4.69) is 15.0 Å². The lowest BCUT2D eigenvalue weighted by Gasteiger charge is -2.48. The molecule has 4 heterocycles. The van der Waals surface area contributed by atoms with Crippen molar-refractivity contribution >= 4 is 23.6 Å². The number of hydrogen-bond acceptors (Lipinski definition) is 7. The predicted molar refractivity (Wildman–Crippen MR) is 109 cm³/mol. The molecule has 4 rings (SSSR count). The van der Waals surface area contributed by atoms with Gasteiger partial charge in [0.2, 0.25) is 0 Å². The Bertz CT molecular complexity index is 1030. The maximum atomic E-state index is 13.1. The molecule has 1 saturated heterocycles. The van der Waals surface area contributed by atoms with Crippen LogP contribution in [0.1, 0.15) is 42.4 Å². The molecule has 2 aromatic heterocycles. The standard InChI is InChI=1S/C21H22N6O4/c1-21(31-18(29)15-6-2-4-9-24-15)8-3-5-11-26-17(28)12-16(14-7-10-23-13-25-14)27(19(21)26)20(22)30/h2,4,6-7,9-10,12-13,19H,3,5,8,11H2,1H3,(H2,22,30). The first-order valence-electron chi connectivity index (χ1n) is 9.92. The monoisotopic (exact) mass is 422 g/mol. The van der Waals surface area contributed by atoms with E-state index in [-0.39, 0.29) is 17.3 Å². The second-order valence-electron chi connectivity index (χ2n) is 7.61. The summed E-state index contributed by atoms with van der Waals surface area (Å²) in [4.78, 5) is 53.4. The Morgan fingerprint density at radius 2 is 2.03 bits per heavy atom. The first-order chi connectivity index (χ1) is 14.9. The number of esters is 1. The van der Waals surface area contributed by atoms with Gasteiger partial charge in [-0.1, -0.05) is 6.07 Å². The highest BCUT2D eigenvalue weighted by Gasteiger charge is 2.52. The number of fused-ring (bicyclic) bond motifs is 1. The van der Waals surface area contributed by atoms with Crippen LogP contribution in [0.15, 0.2) is 49.1 Å². The lowest BCUT2D eigenvalue weighted by Crippen LogP contribution is -2.65. The number of nitrogens with zero attached hydrogens (tertiary/aromatic N) is 5. The van der Waals surface area contributed by atoms with Crippen molar-refractivity contribution < 1.29 is 19.1 Å². The zero-order valence-electron chi connectivity index (χ0n) is 17.0. The molecule has 31 heavy (non-hydrogen) atoms. The molecule has 10 nitrogen and oxygen atoms in total. The molecular weight excluding hydrogens is 400 g/mol. The SMILES string of the molecule is CC1(OC(=O)c2ccccn2)CCCCN2C(=O)C=C(c3ccncn3)N(C(N)=O)C21.